The molecule has 1 amide bonds. The molecule has 0 aliphatic heterocycles. The maximum atomic E-state index is 14.1. The van der Waals surface area contributed by atoms with Crippen LogP contribution in [0.1, 0.15) is 17.3 Å². The summed E-state index contributed by atoms with van der Waals surface area (Å²) in [5.41, 5.74) is -8.20. The second kappa shape index (κ2) is 9.38. The van der Waals surface area contributed by atoms with E-state index >= 15 is 0 Å². The van der Waals surface area contributed by atoms with E-state index in [0.29, 0.717) is 0 Å². The van der Waals surface area contributed by atoms with Crippen molar-refractivity contribution in [2.45, 2.75) is 24.3 Å². The first kappa shape index (κ1) is 24.2. The average Bonchev–Trinajstić information content (AvgIpc) is 2.67. The molecular formula is C19H16ClF5N2O4. The van der Waals surface area contributed by atoms with E-state index in [1.807, 2.05) is 5.32 Å². The van der Waals surface area contributed by atoms with Crippen molar-refractivity contribution in [3.05, 3.63) is 60.2 Å². The van der Waals surface area contributed by atoms with Crippen LogP contribution in [0.4, 0.5) is 27.6 Å². The normalized spacial score (nSPS) is 13.6. The van der Waals surface area contributed by atoms with Crippen LogP contribution >= 0.6 is 11.6 Å². The molecule has 0 aromatic heterocycles. The number of hydrogen-bond acceptors (Lipinski definition) is 5. The van der Waals surface area contributed by atoms with E-state index in [1.165, 1.54) is 31.2 Å². The summed E-state index contributed by atoms with van der Waals surface area (Å²) in [7, 11) is 0. The number of ether oxygens (including phenoxy) is 2. The first-order valence-corrected chi connectivity index (χ1v) is 9.01. The Balaban J connectivity index is 2.43. The Morgan fingerprint density at radius 2 is 1.55 bits per heavy atom. The maximum Gasteiger partial charge on any atom is 0.487 e. The van der Waals surface area contributed by atoms with Crippen LogP contribution in [0.15, 0.2) is 54.6 Å². The maximum absolute atomic E-state index is 14.1. The molecule has 31 heavy (non-hydrogen) atoms. The molecule has 6 nitrogen and oxygen atoms in total. The van der Waals surface area contributed by atoms with Gasteiger partial charge in [0.25, 0.3) is 5.91 Å². The molecule has 0 radical (unpaired) electrons. The summed E-state index contributed by atoms with van der Waals surface area (Å²) in [5.74, 6) is -3.48. The van der Waals surface area contributed by atoms with Crippen LogP contribution in [0.3, 0.4) is 0 Å². The van der Waals surface area contributed by atoms with Gasteiger partial charge in [-0.25, -0.2) is 4.79 Å². The van der Waals surface area contributed by atoms with Gasteiger partial charge in [0.1, 0.15) is 5.75 Å². The number of halogens is 6. The molecule has 2 aromatic carbocycles. The first-order valence-electron chi connectivity index (χ1n) is 8.63. The summed E-state index contributed by atoms with van der Waals surface area (Å²) in [6.07, 6.45) is -5.36. The monoisotopic (exact) mass is 466 g/mol. The molecule has 0 bridgehead atoms. The number of nitrogens with one attached hydrogen (secondary N) is 2. The van der Waals surface area contributed by atoms with Crippen LogP contribution in [0, 0.1) is 0 Å². The molecule has 0 saturated carbocycles. The molecule has 2 N–H and O–H groups in total. The van der Waals surface area contributed by atoms with Crippen LogP contribution in [-0.4, -0.2) is 35.9 Å². The van der Waals surface area contributed by atoms with Gasteiger partial charge in [0.05, 0.1) is 6.61 Å². The highest BCUT2D eigenvalue weighted by Crippen LogP contribution is 2.34. The third-order valence-electron chi connectivity index (χ3n) is 3.76. The topological polar surface area (TPSA) is 76.7 Å². The molecule has 2 aromatic rings. The minimum Gasteiger partial charge on any atom is -0.463 e. The summed E-state index contributed by atoms with van der Waals surface area (Å²) in [4.78, 5) is 24.8. The van der Waals surface area contributed by atoms with Crippen molar-refractivity contribution in [2.75, 3.05) is 11.9 Å². The van der Waals surface area contributed by atoms with Crippen LogP contribution in [-0.2, 0) is 9.53 Å². The Labute approximate surface area is 178 Å². The first-order chi connectivity index (χ1) is 14.4. The molecule has 0 fully saturated rings. The number of alkyl halides is 6. The van der Waals surface area contributed by atoms with E-state index < -0.39 is 41.6 Å². The Kier molecular flexibility index (Phi) is 7.32. The van der Waals surface area contributed by atoms with Gasteiger partial charge in [-0.3, -0.25) is 4.79 Å². The Morgan fingerprint density at radius 3 is 2.03 bits per heavy atom. The second-order valence-electron chi connectivity index (χ2n) is 5.99. The molecule has 0 aliphatic rings. The number of carbonyl (C=O) groups excluding carboxylic acids is 2. The number of anilines is 1. The highest BCUT2D eigenvalue weighted by molar-refractivity contribution is 6.20. The van der Waals surface area contributed by atoms with Gasteiger partial charge in [-0.2, -0.15) is 13.2 Å². The van der Waals surface area contributed by atoms with E-state index in [2.05, 4.69) is 21.1 Å². The Bertz CT molecular complexity index is 904. The van der Waals surface area contributed by atoms with Gasteiger partial charge in [0, 0.05) is 22.9 Å². The molecule has 0 saturated heterocycles. The number of carbonyl (C=O) groups is 2. The standard InChI is InChI=1S/C19H16ClF5N2O4/c1-2-30-16(29)17(18(21,22)23,27-15(28)12-6-4-3-5-7-12)26-13-8-10-14(11-9-13)31-19(20,24)25/h3-11,26H,2H2,1H3,(H,27,28)/t17-/m0/s1. The average molecular weight is 467 g/mol. The third kappa shape index (κ3) is 6.20. The zero-order valence-corrected chi connectivity index (χ0v) is 16.6. The minimum atomic E-state index is -5.36. The highest BCUT2D eigenvalue weighted by atomic mass is 35.5. The molecule has 0 aliphatic carbocycles. The smallest absolute Gasteiger partial charge is 0.463 e. The summed E-state index contributed by atoms with van der Waals surface area (Å²) >= 11 is 4.64. The molecule has 0 spiro atoms. The second-order valence-corrected chi connectivity index (χ2v) is 6.43. The van der Waals surface area contributed by atoms with Crippen molar-refractivity contribution in [2.24, 2.45) is 0 Å². The zero-order valence-electron chi connectivity index (χ0n) is 15.8. The van der Waals surface area contributed by atoms with Gasteiger partial charge in [-0.05, 0) is 43.3 Å². The van der Waals surface area contributed by atoms with E-state index in [1.54, 1.807) is 11.4 Å². The fourth-order valence-electron chi connectivity index (χ4n) is 2.42. The minimum absolute atomic E-state index is 0.143. The van der Waals surface area contributed by atoms with Crippen LogP contribution in [0.5, 0.6) is 5.75 Å². The van der Waals surface area contributed by atoms with Crippen molar-refractivity contribution >= 4 is 29.2 Å². The number of rotatable bonds is 8. The molecule has 0 heterocycles. The largest absolute Gasteiger partial charge is 0.487 e. The lowest BCUT2D eigenvalue weighted by Gasteiger charge is -2.35. The predicted octanol–water partition coefficient (Wildman–Crippen LogP) is 4.52. The Hall–Kier alpha value is -3.08. The third-order valence-corrected chi connectivity index (χ3v) is 3.84. The lowest BCUT2D eigenvalue weighted by molar-refractivity contribution is -0.204. The van der Waals surface area contributed by atoms with Crippen molar-refractivity contribution in [3.63, 3.8) is 0 Å². The Morgan fingerprint density at radius 1 is 0.968 bits per heavy atom. The van der Waals surface area contributed by atoms with Crippen molar-refractivity contribution in [1.82, 2.24) is 5.32 Å². The fourth-order valence-corrected chi connectivity index (χ4v) is 2.51. The molecular weight excluding hydrogens is 451 g/mol. The summed E-state index contributed by atoms with van der Waals surface area (Å²) in [6.45, 7) is 0.883. The van der Waals surface area contributed by atoms with Gasteiger partial charge in [-0.1, -0.05) is 18.2 Å². The molecule has 2 rings (SSSR count). The van der Waals surface area contributed by atoms with Gasteiger partial charge in [0.2, 0.25) is 0 Å². The number of amides is 1. The van der Waals surface area contributed by atoms with Gasteiger partial charge in [-0.15, -0.1) is 8.78 Å². The van der Waals surface area contributed by atoms with E-state index in [4.69, 9.17) is 0 Å². The van der Waals surface area contributed by atoms with Crippen LogP contribution in [0.25, 0.3) is 0 Å². The van der Waals surface area contributed by atoms with Crippen molar-refractivity contribution in [1.29, 1.82) is 0 Å². The SMILES string of the molecule is CCOC(=O)[C@@](NC(=O)c1ccccc1)(Nc1ccc(OC(F)(F)Cl)cc1)C(F)(F)F. The molecule has 0 unspecified atom stereocenters. The van der Waals surface area contributed by atoms with Crippen LogP contribution in [0.2, 0.25) is 0 Å². The lowest BCUT2D eigenvalue weighted by atomic mass is 10.1. The van der Waals surface area contributed by atoms with Crippen molar-refractivity contribution < 1.29 is 41.0 Å². The number of hydrogen-bond donors (Lipinski definition) is 2. The number of benzene rings is 2. The van der Waals surface area contributed by atoms with E-state index in [9.17, 15) is 31.5 Å². The summed E-state index contributed by atoms with van der Waals surface area (Å²) in [6, 6.07) is 10.5. The van der Waals surface area contributed by atoms with E-state index in [-0.39, 0.29) is 11.3 Å². The van der Waals surface area contributed by atoms with Gasteiger partial charge < -0.3 is 20.1 Å². The lowest BCUT2D eigenvalue weighted by Crippen LogP contribution is -2.69. The summed E-state index contributed by atoms with van der Waals surface area (Å²) in [5, 5.41) is 3.55. The van der Waals surface area contributed by atoms with Gasteiger partial charge in [0.15, 0.2) is 0 Å². The fraction of sp³-hybridized carbons (Fsp3) is 0.263. The quantitative estimate of drug-likeness (QED) is 0.259. The van der Waals surface area contributed by atoms with Crippen LogP contribution < -0.4 is 15.4 Å². The zero-order chi connectivity index (χ0) is 23.3. The molecule has 12 heteroatoms. The van der Waals surface area contributed by atoms with Gasteiger partial charge >= 0.3 is 23.4 Å². The summed E-state index contributed by atoms with van der Waals surface area (Å²) < 4.78 is 76.3. The predicted molar refractivity (Wildman–Crippen MR) is 101 cm³/mol. The number of esters is 1. The van der Waals surface area contributed by atoms with Crippen molar-refractivity contribution in [3.8, 4) is 5.75 Å². The van der Waals surface area contributed by atoms with E-state index in [0.717, 1.165) is 24.3 Å². The highest BCUT2D eigenvalue weighted by Gasteiger charge is 2.63. The molecule has 168 valence electrons. The molecule has 1 atom stereocenters.